The Morgan fingerprint density at radius 3 is 2.76 bits per heavy atom. The van der Waals surface area contributed by atoms with E-state index >= 15 is 0 Å². The van der Waals surface area contributed by atoms with E-state index in [0.717, 1.165) is 36.1 Å². The smallest absolute Gasteiger partial charge is 0.411 e. The number of hydrogen-bond donors (Lipinski definition) is 3. The van der Waals surface area contributed by atoms with Crippen molar-refractivity contribution in [2.24, 2.45) is 0 Å². The lowest BCUT2D eigenvalue weighted by Gasteiger charge is -2.29. The van der Waals surface area contributed by atoms with Gasteiger partial charge in [-0.05, 0) is 67.6 Å². The average molecular weight is 343 g/mol. The lowest BCUT2D eigenvalue weighted by atomic mass is 9.86. The summed E-state index contributed by atoms with van der Waals surface area (Å²) >= 11 is 0. The predicted molar refractivity (Wildman–Crippen MR) is 97.2 cm³/mol. The van der Waals surface area contributed by atoms with E-state index in [0.29, 0.717) is 18.0 Å². The molecule has 0 aromatic heterocycles. The Kier molecular flexibility index (Phi) is 5.07. The molecule has 0 saturated heterocycles. The van der Waals surface area contributed by atoms with Gasteiger partial charge in [-0.3, -0.25) is 5.32 Å². The summed E-state index contributed by atoms with van der Waals surface area (Å²) in [4.78, 5) is 11.6. The number of ether oxygens (including phenoxy) is 1. The lowest BCUT2D eigenvalue weighted by molar-refractivity contribution is 0.168. The van der Waals surface area contributed by atoms with Crippen LogP contribution in [0.2, 0.25) is 0 Å². The van der Waals surface area contributed by atoms with Crippen molar-refractivity contribution in [2.75, 3.05) is 23.0 Å². The number of carbonyl (C=O) groups is 1. The number of amides is 1. The van der Waals surface area contributed by atoms with Crippen LogP contribution < -0.4 is 16.4 Å². The van der Waals surface area contributed by atoms with Gasteiger partial charge in [-0.1, -0.05) is 6.07 Å². The molecule has 0 spiro atoms. The number of rotatable bonds is 4. The summed E-state index contributed by atoms with van der Waals surface area (Å²) in [5, 5.41) is 6.12. The Hall–Kier alpha value is -2.76. The molecule has 0 fully saturated rings. The van der Waals surface area contributed by atoms with Crippen LogP contribution in [0.25, 0.3) is 0 Å². The van der Waals surface area contributed by atoms with Gasteiger partial charge in [0.05, 0.1) is 24.0 Å². The van der Waals surface area contributed by atoms with Crippen molar-refractivity contribution >= 4 is 23.2 Å². The molecule has 0 bridgehead atoms. The van der Waals surface area contributed by atoms with Crippen LogP contribution in [0.1, 0.15) is 36.9 Å². The largest absolute Gasteiger partial charge is 0.450 e. The highest BCUT2D eigenvalue weighted by Gasteiger charge is 2.23. The molecule has 0 aliphatic heterocycles. The van der Waals surface area contributed by atoms with Crippen LogP contribution in [0.3, 0.4) is 0 Å². The molecule has 1 aliphatic rings. The Balaban J connectivity index is 1.82. The first kappa shape index (κ1) is 17.1. The number of anilines is 3. The molecule has 132 valence electrons. The van der Waals surface area contributed by atoms with Gasteiger partial charge < -0.3 is 15.8 Å². The SMILES string of the molecule is CCOC(=O)Nc1ccc2c(c1N)CCCC2Nc1ccc(F)cc1. The molecule has 1 amide bonds. The fraction of sp³-hybridized carbons (Fsp3) is 0.316. The highest BCUT2D eigenvalue weighted by atomic mass is 19.1. The summed E-state index contributed by atoms with van der Waals surface area (Å²) in [6.07, 6.45) is 2.31. The highest BCUT2D eigenvalue weighted by molar-refractivity contribution is 5.90. The Morgan fingerprint density at radius 2 is 2.04 bits per heavy atom. The number of benzene rings is 2. The molecule has 0 heterocycles. The summed E-state index contributed by atoms with van der Waals surface area (Å²) in [6.45, 7) is 2.06. The van der Waals surface area contributed by atoms with Crippen molar-refractivity contribution in [2.45, 2.75) is 32.2 Å². The standard InChI is InChI=1S/C19H22FN3O2/c1-2-25-19(24)23-17-11-10-14-15(18(17)21)4-3-5-16(14)22-13-8-6-12(20)7-9-13/h6-11,16,22H,2-5,21H2,1H3,(H,23,24). The molecule has 3 rings (SSSR count). The van der Waals surface area contributed by atoms with Crippen molar-refractivity contribution in [1.29, 1.82) is 0 Å². The minimum Gasteiger partial charge on any atom is -0.450 e. The fourth-order valence-electron chi connectivity index (χ4n) is 3.21. The topological polar surface area (TPSA) is 76.4 Å². The van der Waals surface area contributed by atoms with E-state index < -0.39 is 6.09 Å². The number of carbonyl (C=O) groups excluding carboxylic acids is 1. The quantitative estimate of drug-likeness (QED) is 0.716. The zero-order chi connectivity index (χ0) is 17.8. The molecule has 4 N–H and O–H groups in total. The lowest BCUT2D eigenvalue weighted by Crippen LogP contribution is -2.20. The number of hydrogen-bond acceptors (Lipinski definition) is 4. The van der Waals surface area contributed by atoms with Crippen LogP contribution in [0.5, 0.6) is 0 Å². The molecule has 25 heavy (non-hydrogen) atoms. The summed E-state index contributed by atoms with van der Waals surface area (Å²) in [7, 11) is 0. The first-order valence-electron chi connectivity index (χ1n) is 8.45. The van der Waals surface area contributed by atoms with Crippen LogP contribution in [0.4, 0.5) is 26.2 Å². The third-order valence-corrected chi connectivity index (χ3v) is 4.39. The third kappa shape index (κ3) is 3.84. The molecule has 1 aliphatic carbocycles. The summed E-state index contributed by atoms with van der Waals surface area (Å²) in [6, 6.07) is 10.2. The Morgan fingerprint density at radius 1 is 1.28 bits per heavy atom. The molecule has 0 radical (unpaired) electrons. The van der Waals surface area contributed by atoms with Crippen LogP contribution >= 0.6 is 0 Å². The molecule has 0 saturated carbocycles. The third-order valence-electron chi connectivity index (χ3n) is 4.39. The van der Waals surface area contributed by atoms with E-state index in [9.17, 15) is 9.18 Å². The van der Waals surface area contributed by atoms with Gasteiger partial charge in [-0.15, -0.1) is 0 Å². The van der Waals surface area contributed by atoms with Crippen molar-refractivity contribution in [3.63, 3.8) is 0 Å². The Bertz CT molecular complexity index is 762. The minimum atomic E-state index is -0.508. The van der Waals surface area contributed by atoms with Gasteiger partial charge in [0.2, 0.25) is 0 Å². The molecule has 2 aromatic rings. The van der Waals surface area contributed by atoms with E-state index in [-0.39, 0.29) is 11.9 Å². The van der Waals surface area contributed by atoms with Crippen LogP contribution in [0.15, 0.2) is 36.4 Å². The molecule has 6 heteroatoms. The van der Waals surface area contributed by atoms with E-state index in [1.807, 2.05) is 6.07 Å². The van der Waals surface area contributed by atoms with Crippen LogP contribution in [-0.4, -0.2) is 12.7 Å². The van der Waals surface area contributed by atoms with Crippen LogP contribution in [0, 0.1) is 5.82 Å². The number of nitrogens with one attached hydrogen (secondary N) is 2. The molecule has 1 unspecified atom stereocenters. The summed E-state index contributed by atoms with van der Waals surface area (Å²) < 4.78 is 18.0. The van der Waals surface area contributed by atoms with E-state index in [4.69, 9.17) is 10.5 Å². The van der Waals surface area contributed by atoms with Gasteiger partial charge in [-0.25, -0.2) is 9.18 Å². The maximum Gasteiger partial charge on any atom is 0.411 e. The second kappa shape index (κ2) is 7.42. The minimum absolute atomic E-state index is 0.105. The zero-order valence-corrected chi connectivity index (χ0v) is 14.1. The second-order valence-electron chi connectivity index (χ2n) is 6.04. The number of nitrogens with two attached hydrogens (primary N) is 1. The number of halogens is 1. The highest BCUT2D eigenvalue weighted by Crippen LogP contribution is 2.38. The summed E-state index contributed by atoms with van der Waals surface area (Å²) in [5.41, 5.74) is 10.4. The number of fused-ring (bicyclic) bond motifs is 1. The van der Waals surface area contributed by atoms with Crippen molar-refractivity contribution < 1.29 is 13.9 Å². The molecule has 1 atom stereocenters. The van der Waals surface area contributed by atoms with Gasteiger partial charge >= 0.3 is 6.09 Å². The first-order valence-corrected chi connectivity index (χ1v) is 8.45. The number of nitrogen functional groups attached to an aromatic ring is 1. The van der Waals surface area contributed by atoms with Crippen molar-refractivity contribution in [3.05, 3.63) is 53.3 Å². The monoisotopic (exact) mass is 343 g/mol. The van der Waals surface area contributed by atoms with Crippen molar-refractivity contribution in [1.82, 2.24) is 0 Å². The van der Waals surface area contributed by atoms with E-state index in [1.54, 1.807) is 25.1 Å². The van der Waals surface area contributed by atoms with Gasteiger partial charge in [0.15, 0.2) is 0 Å². The van der Waals surface area contributed by atoms with Gasteiger partial charge in [0, 0.05) is 5.69 Å². The fourth-order valence-corrected chi connectivity index (χ4v) is 3.21. The molecule has 2 aromatic carbocycles. The summed E-state index contributed by atoms with van der Waals surface area (Å²) in [5.74, 6) is -0.256. The van der Waals surface area contributed by atoms with E-state index in [2.05, 4.69) is 10.6 Å². The van der Waals surface area contributed by atoms with E-state index in [1.165, 1.54) is 12.1 Å². The second-order valence-corrected chi connectivity index (χ2v) is 6.04. The Labute approximate surface area is 146 Å². The van der Waals surface area contributed by atoms with Gasteiger partial charge in [0.1, 0.15) is 5.82 Å². The van der Waals surface area contributed by atoms with Crippen molar-refractivity contribution in [3.8, 4) is 0 Å². The normalized spacial score (nSPS) is 16.0. The maximum atomic E-state index is 13.1. The first-order chi connectivity index (χ1) is 12.1. The van der Waals surface area contributed by atoms with Gasteiger partial charge in [-0.2, -0.15) is 0 Å². The zero-order valence-electron chi connectivity index (χ0n) is 14.1. The maximum absolute atomic E-state index is 13.1. The molecule has 5 nitrogen and oxygen atoms in total. The average Bonchev–Trinajstić information content (AvgIpc) is 2.60. The van der Waals surface area contributed by atoms with Gasteiger partial charge in [0.25, 0.3) is 0 Å². The molecular formula is C19H22FN3O2. The predicted octanol–water partition coefficient (Wildman–Crippen LogP) is 4.47. The molecular weight excluding hydrogens is 321 g/mol. The van der Waals surface area contributed by atoms with Crippen LogP contribution in [-0.2, 0) is 11.2 Å².